The number of rotatable bonds is 8. The zero-order chi connectivity index (χ0) is 20.9. The normalized spacial score (nSPS) is 11.8. The minimum absolute atomic E-state index is 0.218. The maximum absolute atomic E-state index is 10.5. The van der Waals surface area contributed by atoms with Crippen molar-refractivity contribution in [3.8, 4) is 5.75 Å². The van der Waals surface area contributed by atoms with Gasteiger partial charge >= 0.3 is 0 Å². The summed E-state index contributed by atoms with van der Waals surface area (Å²) in [6.07, 6.45) is 7.85. The quantitative estimate of drug-likeness (QED) is 0.219. The zero-order valence-electron chi connectivity index (χ0n) is 17.2. The van der Waals surface area contributed by atoms with Crippen LogP contribution in [0.3, 0.4) is 0 Å². The molecule has 3 aromatic carbocycles. The van der Waals surface area contributed by atoms with Gasteiger partial charge in [-0.25, -0.2) is 9.98 Å². The number of imidazole rings is 1. The predicted octanol–water partition coefficient (Wildman–Crippen LogP) is 7.38. The van der Waals surface area contributed by atoms with Crippen molar-refractivity contribution in [1.82, 2.24) is 9.55 Å². The largest absolute Gasteiger partial charge is 0.507 e. The lowest BCUT2D eigenvalue weighted by Gasteiger charge is -2.08. The molecule has 154 valence electrons. The summed E-state index contributed by atoms with van der Waals surface area (Å²) in [5, 5.41) is 12.5. The van der Waals surface area contributed by atoms with E-state index in [0.29, 0.717) is 11.5 Å². The van der Waals surface area contributed by atoms with Gasteiger partial charge in [0.15, 0.2) is 0 Å². The Balaban J connectivity index is 1.68. The second-order valence-electron chi connectivity index (χ2n) is 7.59. The van der Waals surface area contributed by atoms with Crippen LogP contribution in [0.1, 0.15) is 44.6 Å². The Kier molecular flexibility index (Phi) is 6.48. The molecular weight excluding hydrogens is 438 g/mol. The molecule has 0 radical (unpaired) electrons. The molecular formula is C25H26BrN3O. The number of unbranched alkanes of at least 4 members (excludes halogenated alkanes) is 4. The summed E-state index contributed by atoms with van der Waals surface area (Å²) in [7, 11) is 0. The number of aromatic hydroxyl groups is 1. The highest BCUT2D eigenvalue weighted by molar-refractivity contribution is 9.10. The molecule has 4 nitrogen and oxygen atoms in total. The number of aryl methyl sites for hydroxylation is 1. The maximum Gasteiger partial charge on any atom is 0.230 e. The molecule has 0 aliphatic rings. The van der Waals surface area contributed by atoms with E-state index in [1.54, 1.807) is 12.3 Å². The summed E-state index contributed by atoms with van der Waals surface area (Å²) >= 11 is 3.51. The first-order chi connectivity index (χ1) is 14.7. The summed E-state index contributed by atoms with van der Waals surface area (Å²) in [5.74, 6) is 0.899. The van der Waals surface area contributed by atoms with Gasteiger partial charge in [0, 0.05) is 22.8 Å². The van der Waals surface area contributed by atoms with E-state index in [1.807, 2.05) is 42.5 Å². The Bertz CT molecular complexity index is 1200. The van der Waals surface area contributed by atoms with Crippen LogP contribution in [-0.4, -0.2) is 20.9 Å². The van der Waals surface area contributed by atoms with Crippen LogP contribution in [0.2, 0.25) is 0 Å². The molecule has 0 amide bonds. The number of phenolic OH excluding ortho intramolecular Hbond substituents is 1. The Hall–Kier alpha value is -2.66. The van der Waals surface area contributed by atoms with Crippen LogP contribution >= 0.6 is 15.9 Å². The van der Waals surface area contributed by atoms with E-state index in [0.717, 1.165) is 39.2 Å². The molecule has 0 spiro atoms. The highest BCUT2D eigenvalue weighted by atomic mass is 79.9. The van der Waals surface area contributed by atoms with E-state index in [9.17, 15) is 5.11 Å². The number of hydrogen-bond donors (Lipinski definition) is 1. The number of aliphatic imine (C=N–C) groups is 1. The minimum Gasteiger partial charge on any atom is -0.507 e. The molecule has 0 saturated heterocycles. The molecule has 0 saturated carbocycles. The monoisotopic (exact) mass is 463 g/mol. The van der Waals surface area contributed by atoms with Crippen LogP contribution in [0.4, 0.5) is 5.95 Å². The summed E-state index contributed by atoms with van der Waals surface area (Å²) in [6.45, 7) is 3.13. The van der Waals surface area contributed by atoms with Crippen LogP contribution in [0.25, 0.3) is 21.8 Å². The average Bonchev–Trinajstić information content (AvgIpc) is 3.10. The van der Waals surface area contributed by atoms with E-state index in [4.69, 9.17) is 9.98 Å². The molecule has 1 aromatic heterocycles. The molecule has 4 aromatic rings. The van der Waals surface area contributed by atoms with Crippen LogP contribution in [0, 0.1) is 0 Å². The molecule has 0 fully saturated rings. The number of nitrogens with zero attached hydrogens (tertiary/aromatic N) is 3. The van der Waals surface area contributed by atoms with Crippen molar-refractivity contribution in [2.75, 3.05) is 0 Å². The third-order valence-corrected chi connectivity index (χ3v) is 5.92. The van der Waals surface area contributed by atoms with Gasteiger partial charge in [-0.15, -0.1) is 0 Å². The maximum atomic E-state index is 10.5. The first-order valence-corrected chi connectivity index (χ1v) is 11.4. The topological polar surface area (TPSA) is 50.4 Å². The molecule has 0 bridgehead atoms. The molecule has 30 heavy (non-hydrogen) atoms. The molecule has 1 heterocycles. The lowest BCUT2D eigenvalue weighted by Crippen LogP contribution is -1.98. The van der Waals surface area contributed by atoms with Gasteiger partial charge in [0.25, 0.3) is 0 Å². The van der Waals surface area contributed by atoms with Gasteiger partial charge in [-0.1, -0.05) is 72.8 Å². The summed E-state index contributed by atoms with van der Waals surface area (Å²) in [6, 6.07) is 17.8. The molecule has 0 unspecified atom stereocenters. The number of halogens is 1. The first-order valence-electron chi connectivity index (χ1n) is 10.6. The Labute approximate surface area is 185 Å². The highest BCUT2D eigenvalue weighted by Gasteiger charge is 2.10. The average molecular weight is 464 g/mol. The fraction of sp³-hybridized carbons (Fsp3) is 0.280. The molecule has 5 heteroatoms. The van der Waals surface area contributed by atoms with Crippen molar-refractivity contribution in [3.63, 3.8) is 0 Å². The number of aromatic nitrogens is 2. The van der Waals surface area contributed by atoms with Gasteiger partial charge in [-0.3, -0.25) is 0 Å². The van der Waals surface area contributed by atoms with Crippen molar-refractivity contribution in [1.29, 1.82) is 0 Å². The molecule has 0 aliphatic heterocycles. The predicted molar refractivity (Wildman–Crippen MR) is 129 cm³/mol. The number of hydrogen-bond acceptors (Lipinski definition) is 3. The smallest absolute Gasteiger partial charge is 0.230 e. The van der Waals surface area contributed by atoms with Crippen molar-refractivity contribution in [2.24, 2.45) is 4.99 Å². The number of para-hydroxylation sites is 2. The van der Waals surface area contributed by atoms with Crippen molar-refractivity contribution in [3.05, 3.63) is 64.6 Å². The van der Waals surface area contributed by atoms with E-state index in [2.05, 4.69) is 33.5 Å². The van der Waals surface area contributed by atoms with E-state index >= 15 is 0 Å². The standard InChI is InChI=1S/C25H26BrN3O/c1-2-3-4-5-8-15-29-23-10-7-6-9-22(23)28-25(29)27-17-21-20-13-12-19(26)16-18(20)11-14-24(21)30/h6-7,9-14,16-17,30H,2-5,8,15H2,1H3. The SMILES string of the molecule is CCCCCCCn1c(N=Cc2c(O)ccc3cc(Br)ccc23)nc2ccccc21. The second kappa shape index (κ2) is 9.43. The molecule has 0 aliphatic carbocycles. The lowest BCUT2D eigenvalue weighted by atomic mass is 10.0. The lowest BCUT2D eigenvalue weighted by molar-refractivity contribution is 0.475. The Morgan fingerprint density at radius 1 is 1.03 bits per heavy atom. The van der Waals surface area contributed by atoms with Crippen LogP contribution in [-0.2, 0) is 6.54 Å². The molecule has 4 rings (SSSR count). The van der Waals surface area contributed by atoms with Crippen LogP contribution in [0.5, 0.6) is 5.75 Å². The minimum atomic E-state index is 0.218. The summed E-state index contributed by atoms with van der Waals surface area (Å²) < 4.78 is 3.20. The van der Waals surface area contributed by atoms with E-state index in [-0.39, 0.29) is 5.75 Å². The number of fused-ring (bicyclic) bond motifs is 2. The van der Waals surface area contributed by atoms with Crippen molar-refractivity contribution in [2.45, 2.75) is 45.6 Å². The second-order valence-corrected chi connectivity index (χ2v) is 8.50. The third-order valence-electron chi connectivity index (χ3n) is 5.43. The van der Waals surface area contributed by atoms with Gasteiger partial charge in [-0.05, 0) is 47.5 Å². The summed E-state index contributed by atoms with van der Waals surface area (Å²) in [4.78, 5) is 9.46. The number of phenols is 1. The van der Waals surface area contributed by atoms with Crippen molar-refractivity contribution >= 4 is 49.9 Å². The first kappa shape index (κ1) is 20.6. The van der Waals surface area contributed by atoms with Gasteiger partial charge < -0.3 is 9.67 Å². The Morgan fingerprint density at radius 3 is 2.73 bits per heavy atom. The summed E-state index contributed by atoms with van der Waals surface area (Å²) in [5.41, 5.74) is 2.76. The fourth-order valence-electron chi connectivity index (χ4n) is 3.83. The van der Waals surface area contributed by atoms with Gasteiger partial charge in [-0.2, -0.15) is 0 Å². The van der Waals surface area contributed by atoms with Gasteiger partial charge in [0.1, 0.15) is 5.75 Å². The highest BCUT2D eigenvalue weighted by Crippen LogP contribution is 2.29. The number of benzene rings is 3. The van der Waals surface area contributed by atoms with Crippen molar-refractivity contribution < 1.29 is 5.11 Å². The van der Waals surface area contributed by atoms with E-state index < -0.39 is 0 Å². The Morgan fingerprint density at radius 2 is 1.87 bits per heavy atom. The van der Waals surface area contributed by atoms with E-state index in [1.165, 1.54) is 25.7 Å². The fourth-order valence-corrected chi connectivity index (χ4v) is 4.21. The zero-order valence-corrected chi connectivity index (χ0v) is 18.8. The molecule has 1 N–H and O–H groups in total. The van der Waals surface area contributed by atoms with Gasteiger partial charge in [0.2, 0.25) is 5.95 Å². The van der Waals surface area contributed by atoms with Crippen LogP contribution < -0.4 is 0 Å². The third kappa shape index (κ3) is 4.41. The van der Waals surface area contributed by atoms with Crippen LogP contribution in [0.15, 0.2) is 64.1 Å². The molecule has 0 atom stereocenters. The van der Waals surface area contributed by atoms with Gasteiger partial charge in [0.05, 0.1) is 11.0 Å².